The molecular formula is C61H41N5. The Morgan fingerprint density at radius 1 is 0.485 bits per heavy atom. The minimum absolute atomic E-state index is 0.358. The van der Waals surface area contributed by atoms with Crippen molar-refractivity contribution in [2.75, 3.05) is 0 Å². The van der Waals surface area contributed by atoms with Crippen molar-refractivity contribution >= 4 is 38.9 Å². The van der Waals surface area contributed by atoms with Crippen LogP contribution in [0, 0.1) is 17.9 Å². The molecule has 10 rings (SSSR count). The molecule has 0 spiro atoms. The molecule has 0 radical (unpaired) electrons. The molecule has 0 heterocycles. The van der Waals surface area contributed by atoms with Crippen LogP contribution in [-0.2, 0) is 6.54 Å². The maximum Gasteiger partial charge on any atom is 0.187 e. The van der Waals surface area contributed by atoms with E-state index in [0.717, 1.165) is 66.8 Å². The molecule has 0 aliphatic rings. The second-order valence-corrected chi connectivity index (χ2v) is 16.2. The standard InChI is InChI=1S/C61H41N5/c1-64-55-34-32-43(33-35-55)42-22-29-48(30-23-42)60(63)66-61(49-12-3-2-4-13-49)65-40-41-10-7-16-53(36-41)57-19-9-17-54(39-62)59(57)47-27-20-44(21-28-47)50-14-8-15-51(37-50)52-31-26-46-25-24-45-11-5-6-18-56(45)58(46)38-52/h2-38H,40H2,(H2,63,65,66). The van der Waals surface area contributed by atoms with Crippen molar-refractivity contribution in [3.8, 4) is 61.7 Å². The van der Waals surface area contributed by atoms with Gasteiger partial charge in [0.2, 0.25) is 0 Å². The van der Waals surface area contributed by atoms with Crippen LogP contribution in [0.25, 0.3) is 82.0 Å². The molecule has 0 bridgehead atoms. The fraction of sp³-hybridized carbons (Fsp3) is 0.0164. The molecular weight excluding hydrogens is 803 g/mol. The zero-order chi connectivity index (χ0) is 44.8. The van der Waals surface area contributed by atoms with Crippen LogP contribution in [0.2, 0.25) is 0 Å². The van der Waals surface area contributed by atoms with Crippen molar-refractivity contribution in [2.24, 2.45) is 15.7 Å². The molecule has 0 aromatic heterocycles. The highest BCUT2D eigenvalue weighted by molar-refractivity contribution is 6.11. The Hall–Kier alpha value is -9.16. The maximum absolute atomic E-state index is 10.4. The number of nitrogens with two attached hydrogens (primary N) is 1. The first kappa shape index (κ1) is 40.9. The van der Waals surface area contributed by atoms with Gasteiger partial charge in [-0.3, -0.25) is 4.99 Å². The highest BCUT2D eigenvalue weighted by Crippen LogP contribution is 2.37. The minimum atomic E-state index is 0.358. The Kier molecular flexibility index (Phi) is 11.3. The first-order chi connectivity index (χ1) is 32.5. The molecule has 0 aliphatic heterocycles. The van der Waals surface area contributed by atoms with E-state index in [1.54, 1.807) is 0 Å². The van der Waals surface area contributed by atoms with Gasteiger partial charge in [-0.1, -0.05) is 200 Å². The molecule has 2 N–H and O–H groups in total. The van der Waals surface area contributed by atoms with Gasteiger partial charge in [0, 0.05) is 16.7 Å². The fourth-order valence-corrected chi connectivity index (χ4v) is 8.61. The predicted molar refractivity (Wildman–Crippen MR) is 273 cm³/mol. The topological polar surface area (TPSA) is 78.9 Å². The van der Waals surface area contributed by atoms with Gasteiger partial charge in [-0.25, -0.2) is 9.84 Å². The minimum Gasteiger partial charge on any atom is -0.383 e. The molecule has 5 heteroatoms. The summed E-state index contributed by atoms with van der Waals surface area (Å²) < 4.78 is 0. The van der Waals surface area contributed by atoms with E-state index in [9.17, 15) is 5.26 Å². The molecule has 0 saturated heterocycles. The van der Waals surface area contributed by atoms with Crippen LogP contribution in [-0.4, -0.2) is 11.7 Å². The summed E-state index contributed by atoms with van der Waals surface area (Å²) >= 11 is 0. The van der Waals surface area contributed by atoms with E-state index in [4.69, 9.17) is 22.3 Å². The number of hydrogen-bond acceptors (Lipinski definition) is 2. The number of nitriles is 1. The molecule has 10 aromatic rings. The van der Waals surface area contributed by atoms with Crippen molar-refractivity contribution in [1.82, 2.24) is 0 Å². The fourth-order valence-electron chi connectivity index (χ4n) is 8.61. The number of hydrogen-bond donors (Lipinski definition) is 1. The first-order valence-electron chi connectivity index (χ1n) is 21.8. The Morgan fingerprint density at radius 3 is 1.82 bits per heavy atom. The van der Waals surface area contributed by atoms with E-state index >= 15 is 0 Å². The van der Waals surface area contributed by atoms with Crippen LogP contribution in [0.1, 0.15) is 22.3 Å². The summed E-state index contributed by atoms with van der Waals surface area (Å²) in [5.74, 6) is 0.887. The quantitative estimate of drug-likeness (QED) is 0.0680. The van der Waals surface area contributed by atoms with Gasteiger partial charge in [0.25, 0.3) is 0 Å². The Balaban J connectivity index is 0.922. The van der Waals surface area contributed by atoms with Gasteiger partial charge in [-0.2, -0.15) is 5.26 Å². The Labute approximate surface area is 384 Å². The van der Waals surface area contributed by atoms with Gasteiger partial charge in [0.15, 0.2) is 11.5 Å². The molecule has 66 heavy (non-hydrogen) atoms. The molecule has 0 atom stereocenters. The van der Waals surface area contributed by atoms with E-state index in [1.165, 1.54) is 27.1 Å². The number of benzene rings is 10. The van der Waals surface area contributed by atoms with Crippen molar-refractivity contribution in [1.29, 1.82) is 5.26 Å². The van der Waals surface area contributed by atoms with Gasteiger partial charge in [-0.05, 0) is 101 Å². The summed E-state index contributed by atoms with van der Waals surface area (Å²) in [6, 6.07) is 78.9. The summed E-state index contributed by atoms with van der Waals surface area (Å²) in [7, 11) is 0. The number of rotatable bonds is 9. The molecule has 0 fully saturated rings. The average molecular weight is 844 g/mol. The zero-order valence-corrected chi connectivity index (χ0v) is 35.9. The third-order valence-electron chi connectivity index (χ3n) is 12.1. The van der Waals surface area contributed by atoms with E-state index in [2.05, 4.69) is 138 Å². The van der Waals surface area contributed by atoms with Gasteiger partial charge >= 0.3 is 0 Å². The highest BCUT2D eigenvalue weighted by Gasteiger charge is 2.15. The smallest absolute Gasteiger partial charge is 0.187 e. The van der Waals surface area contributed by atoms with Gasteiger partial charge in [-0.15, -0.1) is 0 Å². The van der Waals surface area contributed by atoms with Crippen molar-refractivity contribution in [3.63, 3.8) is 0 Å². The summed E-state index contributed by atoms with van der Waals surface area (Å²) in [5.41, 5.74) is 20.9. The van der Waals surface area contributed by atoms with E-state index < -0.39 is 0 Å². The van der Waals surface area contributed by atoms with Crippen LogP contribution in [0.5, 0.6) is 0 Å². The maximum atomic E-state index is 10.4. The van der Waals surface area contributed by atoms with Crippen molar-refractivity contribution < 1.29 is 0 Å². The molecule has 310 valence electrons. The lowest BCUT2D eigenvalue weighted by Crippen LogP contribution is -2.16. The average Bonchev–Trinajstić information content (AvgIpc) is 3.39. The normalized spacial score (nSPS) is 11.6. The third-order valence-corrected chi connectivity index (χ3v) is 12.1. The van der Waals surface area contributed by atoms with Crippen molar-refractivity contribution in [3.05, 3.63) is 258 Å². The lowest BCUT2D eigenvalue weighted by molar-refractivity contribution is 1.06. The number of aliphatic imine (C=N–C) groups is 2. The van der Waals surface area contributed by atoms with E-state index in [0.29, 0.717) is 29.5 Å². The Bertz CT molecular complexity index is 3560. The number of nitrogens with zero attached hydrogens (tertiary/aromatic N) is 4. The first-order valence-corrected chi connectivity index (χ1v) is 21.8. The second-order valence-electron chi connectivity index (χ2n) is 16.2. The van der Waals surface area contributed by atoms with Gasteiger partial charge in [0.1, 0.15) is 5.84 Å². The summed E-state index contributed by atoms with van der Waals surface area (Å²) in [5, 5.41) is 15.4. The third kappa shape index (κ3) is 8.49. The van der Waals surface area contributed by atoms with Crippen LogP contribution >= 0.6 is 0 Å². The number of fused-ring (bicyclic) bond motifs is 3. The molecule has 0 amide bonds. The van der Waals surface area contributed by atoms with E-state index in [-0.39, 0.29) is 0 Å². The largest absolute Gasteiger partial charge is 0.383 e. The lowest BCUT2D eigenvalue weighted by Gasteiger charge is -2.14. The lowest BCUT2D eigenvalue weighted by atomic mass is 9.89. The predicted octanol–water partition coefficient (Wildman–Crippen LogP) is 15.1. The van der Waals surface area contributed by atoms with Crippen LogP contribution in [0.15, 0.2) is 234 Å². The van der Waals surface area contributed by atoms with Gasteiger partial charge < -0.3 is 5.73 Å². The Morgan fingerprint density at radius 2 is 1.06 bits per heavy atom. The second kappa shape index (κ2) is 18.3. The molecule has 5 nitrogen and oxygen atoms in total. The SMILES string of the molecule is [C-]#[N+]c1ccc(-c2ccc(C(N)=NC(=NCc3cccc(-c4cccc(C#N)c4-c4ccc(-c5cccc(-c6ccc7ccc8ccccc8c7c6)c5)cc4)c3)c3ccccc3)cc2)cc1. The summed E-state index contributed by atoms with van der Waals surface area (Å²) in [6.07, 6.45) is 0. The summed E-state index contributed by atoms with van der Waals surface area (Å²) in [4.78, 5) is 13.4. The van der Waals surface area contributed by atoms with Crippen LogP contribution in [0.4, 0.5) is 5.69 Å². The molecule has 0 aliphatic carbocycles. The molecule has 10 aromatic carbocycles. The highest BCUT2D eigenvalue weighted by atomic mass is 15.0. The van der Waals surface area contributed by atoms with Crippen LogP contribution in [0.3, 0.4) is 0 Å². The monoisotopic (exact) mass is 843 g/mol. The van der Waals surface area contributed by atoms with Crippen LogP contribution < -0.4 is 5.73 Å². The molecule has 0 saturated carbocycles. The number of amidine groups is 2. The van der Waals surface area contributed by atoms with E-state index in [1.807, 2.05) is 97.1 Å². The summed E-state index contributed by atoms with van der Waals surface area (Å²) in [6.45, 7) is 7.60. The molecule has 0 unspecified atom stereocenters. The van der Waals surface area contributed by atoms with Gasteiger partial charge in [0.05, 0.1) is 24.7 Å². The zero-order valence-electron chi connectivity index (χ0n) is 35.9. The van der Waals surface area contributed by atoms with Crippen molar-refractivity contribution in [2.45, 2.75) is 6.54 Å².